The topological polar surface area (TPSA) is 38.5 Å². The van der Waals surface area contributed by atoms with Gasteiger partial charge in [0.1, 0.15) is 5.75 Å². The third kappa shape index (κ3) is 4.96. The van der Waals surface area contributed by atoms with Crippen LogP contribution in [0.1, 0.15) is 19.4 Å². The number of hydrogen-bond acceptors (Lipinski definition) is 3. The minimum absolute atomic E-state index is 0.651. The summed E-state index contributed by atoms with van der Waals surface area (Å²) < 4.78 is 6.24. The summed E-state index contributed by atoms with van der Waals surface area (Å²) in [5.74, 6) is 1.52. The van der Waals surface area contributed by atoms with Crippen molar-refractivity contribution in [3.63, 3.8) is 0 Å². The van der Waals surface area contributed by atoms with Crippen LogP contribution in [-0.4, -0.2) is 31.6 Å². The van der Waals surface area contributed by atoms with Crippen molar-refractivity contribution in [2.24, 2.45) is 11.7 Å². The zero-order chi connectivity index (χ0) is 13.5. The number of methoxy groups -OCH3 is 1. The number of benzene rings is 1. The summed E-state index contributed by atoms with van der Waals surface area (Å²) in [7, 11) is 1.68. The van der Waals surface area contributed by atoms with Gasteiger partial charge in [-0.1, -0.05) is 19.9 Å². The van der Waals surface area contributed by atoms with Crippen LogP contribution in [0.3, 0.4) is 0 Å². The van der Waals surface area contributed by atoms with Gasteiger partial charge in [0, 0.05) is 26.2 Å². The molecule has 18 heavy (non-hydrogen) atoms. The highest BCUT2D eigenvalue weighted by Gasteiger charge is 2.09. The van der Waals surface area contributed by atoms with Crippen LogP contribution in [0.4, 0.5) is 0 Å². The zero-order valence-electron chi connectivity index (χ0n) is 11.4. The Balaban J connectivity index is 2.71. The summed E-state index contributed by atoms with van der Waals surface area (Å²) in [6.07, 6.45) is 0. The van der Waals surface area contributed by atoms with Crippen molar-refractivity contribution in [2.45, 2.75) is 20.4 Å². The first-order chi connectivity index (χ1) is 8.56. The number of nitrogens with zero attached hydrogens (tertiary/aromatic N) is 1. The molecule has 1 rings (SSSR count). The van der Waals surface area contributed by atoms with E-state index in [9.17, 15) is 0 Å². The van der Waals surface area contributed by atoms with Gasteiger partial charge in [-0.15, -0.1) is 0 Å². The maximum absolute atomic E-state index is 5.66. The van der Waals surface area contributed by atoms with E-state index in [4.69, 9.17) is 10.5 Å². The van der Waals surface area contributed by atoms with Gasteiger partial charge in [0.05, 0.1) is 11.6 Å². The van der Waals surface area contributed by atoms with E-state index in [-0.39, 0.29) is 0 Å². The van der Waals surface area contributed by atoms with Gasteiger partial charge < -0.3 is 10.5 Å². The molecule has 0 atom stereocenters. The first-order valence-corrected chi connectivity index (χ1v) is 7.11. The van der Waals surface area contributed by atoms with Gasteiger partial charge in [-0.05, 0) is 39.5 Å². The lowest BCUT2D eigenvalue weighted by atomic mass is 10.1. The lowest BCUT2D eigenvalue weighted by molar-refractivity contribution is 0.242. The van der Waals surface area contributed by atoms with Gasteiger partial charge in [-0.25, -0.2) is 0 Å². The van der Waals surface area contributed by atoms with E-state index >= 15 is 0 Å². The van der Waals surface area contributed by atoms with Crippen LogP contribution in [0, 0.1) is 5.92 Å². The van der Waals surface area contributed by atoms with Gasteiger partial charge in [0.25, 0.3) is 0 Å². The molecule has 0 aliphatic heterocycles. The van der Waals surface area contributed by atoms with Crippen LogP contribution >= 0.6 is 15.9 Å². The van der Waals surface area contributed by atoms with Gasteiger partial charge in [0.2, 0.25) is 0 Å². The second-order valence-corrected chi connectivity index (χ2v) is 5.74. The maximum atomic E-state index is 5.66. The molecule has 102 valence electrons. The fraction of sp³-hybridized carbons (Fsp3) is 0.571. The second-order valence-electron chi connectivity index (χ2n) is 4.89. The van der Waals surface area contributed by atoms with Crippen molar-refractivity contribution < 1.29 is 4.74 Å². The number of halogens is 1. The molecule has 0 aliphatic carbocycles. The van der Waals surface area contributed by atoms with Crippen molar-refractivity contribution in [2.75, 3.05) is 26.7 Å². The minimum Gasteiger partial charge on any atom is -0.496 e. The molecule has 0 heterocycles. The van der Waals surface area contributed by atoms with Crippen LogP contribution in [-0.2, 0) is 6.54 Å². The second kappa shape index (κ2) is 7.77. The van der Waals surface area contributed by atoms with Crippen molar-refractivity contribution in [1.29, 1.82) is 0 Å². The molecule has 3 nitrogen and oxygen atoms in total. The third-order valence-corrected chi connectivity index (χ3v) is 3.31. The number of hydrogen-bond donors (Lipinski definition) is 1. The fourth-order valence-corrected chi connectivity index (χ4v) is 2.59. The highest BCUT2D eigenvalue weighted by molar-refractivity contribution is 9.10. The Morgan fingerprint density at radius 2 is 2.11 bits per heavy atom. The third-order valence-electron chi connectivity index (χ3n) is 2.69. The lowest BCUT2D eigenvalue weighted by Crippen LogP contribution is -2.32. The normalized spacial score (nSPS) is 11.3. The number of rotatable bonds is 7. The molecule has 0 aliphatic rings. The molecular formula is C14H23BrN2O. The smallest absolute Gasteiger partial charge is 0.133 e. The molecule has 2 N–H and O–H groups in total. The quantitative estimate of drug-likeness (QED) is 0.841. The van der Waals surface area contributed by atoms with E-state index in [1.54, 1.807) is 7.11 Å². The Bertz CT molecular complexity index is 369. The van der Waals surface area contributed by atoms with E-state index in [1.807, 2.05) is 6.07 Å². The molecule has 0 amide bonds. The minimum atomic E-state index is 0.651. The standard InChI is InChI=1S/C14H23BrN2O/c1-11(2)9-17(7-6-16)10-12-4-5-14(18-3)13(15)8-12/h4-5,8,11H,6-7,9-10,16H2,1-3H3. The van der Waals surface area contributed by atoms with E-state index in [1.165, 1.54) is 5.56 Å². The van der Waals surface area contributed by atoms with Gasteiger partial charge >= 0.3 is 0 Å². The molecule has 1 aromatic carbocycles. The predicted octanol–water partition coefficient (Wildman–Crippen LogP) is 2.87. The van der Waals surface area contributed by atoms with Crippen LogP contribution in [0.5, 0.6) is 5.75 Å². The first kappa shape index (κ1) is 15.5. The zero-order valence-corrected chi connectivity index (χ0v) is 13.0. The summed E-state index contributed by atoms with van der Waals surface area (Å²) in [4.78, 5) is 2.39. The van der Waals surface area contributed by atoms with Crippen molar-refractivity contribution in [3.8, 4) is 5.75 Å². The number of ether oxygens (including phenoxy) is 1. The predicted molar refractivity (Wildman–Crippen MR) is 79.9 cm³/mol. The number of nitrogens with two attached hydrogens (primary N) is 1. The Labute approximate surface area is 118 Å². The van der Waals surface area contributed by atoms with Crippen molar-refractivity contribution >= 4 is 15.9 Å². The summed E-state index contributed by atoms with van der Waals surface area (Å²) in [5, 5.41) is 0. The fourth-order valence-electron chi connectivity index (χ4n) is 2.00. The van der Waals surface area contributed by atoms with Crippen LogP contribution in [0.25, 0.3) is 0 Å². The molecule has 0 unspecified atom stereocenters. The van der Waals surface area contributed by atoms with Crippen molar-refractivity contribution in [1.82, 2.24) is 4.90 Å². The van der Waals surface area contributed by atoms with Gasteiger partial charge in [0.15, 0.2) is 0 Å². The Morgan fingerprint density at radius 3 is 2.61 bits per heavy atom. The van der Waals surface area contributed by atoms with E-state index < -0.39 is 0 Å². The van der Waals surface area contributed by atoms with Gasteiger partial charge in [-0.3, -0.25) is 4.90 Å². The van der Waals surface area contributed by atoms with Crippen LogP contribution < -0.4 is 10.5 Å². The average molecular weight is 315 g/mol. The summed E-state index contributed by atoms with van der Waals surface area (Å²) in [5.41, 5.74) is 6.94. The Hall–Kier alpha value is -0.580. The molecular weight excluding hydrogens is 292 g/mol. The Kier molecular flexibility index (Phi) is 6.68. The Morgan fingerprint density at radius 1 is 1.39 bits per heavy atom. The maximum Gasteiger partial charge on any atom is 0.133 e. The first-order valence-electron chi connectivity index (χ1n) is 6.31. The molecule has 0 bridgehead atoms. The monoisotopic (exact) mass is 314 g/mol. The summed E-state index contributed by atoms with van der Waals surface area (Å²) >= 11 is 3.52. The molecule has 0 spiro atoms. The molecule has 0 saturated carbocycles. The molecule has 1 aromatic rings. The van der Waals surface area contributed by atoms with E-state index in [2.05, 4.69) is 46.8 Å². The molecule has 0 fully saturated rings. The van der Waals surface area contributed by atoms with Gasteiger partial charge in [-0.2, -0.15) is 0 Å². The molecule has 0 radical (unpaired) electrons. The van der Waals surface area contributed by atoms with Crippen molar-refractivity contribution in [3.05, 3.63) is 28.2 Å². The highest BCUT2D eigenvalue weighted by atomic mass is 79.9. The van der Waals surface area contributed by atoms with Crippen LogP contribution in [0.2, 0.25) is 0 Å². The molecule has 4 heteroatoms. The average Bonchev–Trinajstić information content (AvgIpc) is 2.28. The molecule has 0 aromatic heterocycles. The highest BCUT2D eigenvalue weighted by Crippen LogP contribution is 2.26. The summed E-state index contributed by atoms with van der Waals surface area (Å²) in [6, 6.07) is 6.21. The van der Waals surface area contributed by atoms with Crippen LogP contribution in [0.15, 0.2) is 22.7 Å². The molecule has 0 saturated heterocycles. The largest absolute Gasteiger partial charge is 0.496 e. The lowest BCUT2D eigenvalue weighted by Gasteiger charge is -2.23. The summed E-state index contributed by atoms with van der Waals surface area (Å²) in [6.45, 7) is 8.09. The van der Waals surface area contributed by atoms with E-state index in [0.29, 0.717) is 12.5 Å². The van der Waals surface area contributed by atoms with E-state index in [0.717, 1.165) is 29.9 Å². The SMILES string of the molecule is COc1ccc(CN(CCN)CC(C)C)cc1Br.